The van der Waals surface area contributed by atoms with Crippen LogP contribution in [0.3, 0.4) is 0 Å². The third-order valence-electron chi connectivity index (χ3n) is 4.47. The molecule has 0 radical (unpaired) electrons. The first-order valence-corrected chi connectivity index (χ1v) is 10.1. The average Bonchev–Trinajstić information content (AvgIpc) is 3.01. The monoisotopic (exact) mass is 346 g/mol. The molecule has 0 spiro atoms. The molecule has 3 rings (SSSR count). The minimum Gasteiger partial charge on any atom is -0.357 e. The first kappa shape index (κ1) is 16.8. The molecule has 1 saturated carbocycles. The molecule has 1 heterocycles. The second kappa shape index (κ2) is 7.21. The predicted octanol–water partition coefficient (Wildman–Crippen LogP) is 2.63. The molecule has 0 atom stereocenters. The van der Waals surface area contributed by atoms with Crippen LogP contribution in [-0.2, 0) is 9.84 Å². The quantitative estimate of drug-likeness (QED) is 0.809. The highest BCUT2D eigenvalue weighted by Gasteiger charge is 2.24. The standard InChI is InChI=1S/C18H22N2O3S/c21-18(20-11-12-24(22,23)13-14-5-4-6-14)17-16(9-10-19-17)15-7-2-1-3-8-15/h1-3,7-10,14,19H,4-6,11-13H2,(H,20,21). The first-order chi connectivity index (χ1) is 11.6. The number of H-pyrrole nitrogens is 1. The van der Waals surface area contributed by atoms with Gasteiger partial charge in [0.1, 0.15) is 5.69 Å². The van der Waals surface area contributed by atoms with Gasteiger partial charge in [-0.1, -0.05) is 36.8 Å². The van der Waals surface area contributed by atoms with Crippen LogP contribution in [0.5, 0.6) is 0 Å². The predicted molar refractivity (Wildman–Crippen MR) is 94.6 cm³/mol. The van der Waals surface area contributed by atoms with E-state index in [1.165, 1.54) is 0 Å². The molecular weight excluding hydrogens is 324 g/mol. The zero-order valence-electron chi connectivity index (χ0n) is 13.5. The maximum atomic E-state index is 12.3. The summed E-state index contributed by atoms with van der Waals surface area (Å²) in [6.07, 6.45) is 4.86. The molecule has 0 bridgehead atoms. The normalized spacial score (nSPS) is 15.0. The Bertz CT molecular complexity index is 793. The van der Waals surface area contributed by atoms with E-state index in [4.69, 9.17) is 0 Å². The molecule has 1 aromatic heterocycles. The van der Waals surface area contributed by atoms with Crippen molar-refractivity contribution >= 4 is 15.7 Å². The summed E-state index contributed by atoms with van der Waals surface area (Å²) in [5.41, 5.74) is 2.21. The fourth-order valence-electron chi connectivity index (χ4n) is 2.93. The maximum absolute atomic E-state index is 12.3. The summed E-state index contributed by atoms with van der Waals surface area (Å²) < 4.78 is 24.1. The van der Waals surface area contributed by atoms with Gasteiger partial charge >= 0.3 is 0 Å². The molecule has 6 heteroatoms. The Morgan fingerprint density at radius 1 is 1.17 bits per heavy atom. The highest BCUT2D eigenvalue weighted by atomic mass is 32.2. The summed E-state index contributed by atoms with van der Waals surface area (Å²) in [6, 6.07) is 11.5. The molecule has 1 amide bonds. The summed E-state index contributed by atoms with van der Waals surface area (Å²) in [7, 11) is -3.09. The number of hydrogen-bond donors (Lipinski definition) is 2. The largest absolute Gasteiger partial charge is 0.357 e. The number of carbonyl (C=O) groups excluding carboxylic acids is 1. The van der Waals surface area contributed by atoms with Crippen LogP contribution in [0.25, 0.3) is 11.1 Å². The Morgan fingerprint density at radius 2 is 1.92 bits per heavy atom. The number of hydrogen-bond acceptors (Lipinski definition) is 3. The van der Waals surface area contributed by atoms with Gasteiger partial charge in [-0.3, -0.25) is 4.79 Å². The van der Waals surface area contributed by atoms with Crippen LogP contribution in [0.2, 0.25) is 0 Å². The van der Waals surface area contributed by atoms with Crippen molar-refractivity contribution < 1.29 is 13.2 Å². The fourth-order valence-corrected chi connectivity index (χ4v) is 4.56. The molecule has 1 aliphatic rings. The molecule has 0 unspecified atom stereocenters. The molecule has 2 aromatic rings. The number of sulfone groups is 1. The van der Waals surface area contributed by atoms with Gasteiger partial charge in [0.2, 0.25) is 0 Å². The van der Waals surface area contributed by atoms with Crippen LogP contribution < -0.4 is 5.32 Å². The topological polar surface area (TPSA) is 79.0 Å². The van der Waals surface area contributed by atoms with Crippen LogP contribution in [-0.4, -0.2) is 37.4 Å². The van der Waals surface area contributed by atoms with Crippen molar-refractivity contribution in [3.63, 3.8) is 0 Å². The van der Waals surface area contributed by atoms with Crippen molar-refractivity contribution in [3.8, 4) is 11.1 Å². The van der Waals surface area contributed by atoms with Crippen molar-refractivity contribution in [1.29, 1.82) is 0 Å². The van der Waals surface area contributed by atoms with E-state index in [1.807, 2.05) is 36.4 Å². The van der Waals surface area contributed by atoms with Gasteiger partial charge < -0.3 is 10.3 Å². The number of nitrogens with one attached hydrogen (secondary N) is 2. The summed E-state index contributed by atoms with van der Waals surface area (Å²) in [5, 5.41) is 2.71. The lowest BCUT2D eigenvalue weighted by atomic mass is 9.87. The zero-order valence-corrected chi connectivity index (χ0v) is 14.3. The smallest absolute Gasteiger partial charge is 0.268 e. The van der Waals surface area contributed by atoms with Crippen LogP contribution in [0.4, 0.5) is 0 Å². The van der Waals surface area contributed by atoms with E-state index < -0.39 is 9.84 Å². The van der Waals surface area contributed by atoms with Gasteiger partial charge in [-0.15, -0.1) is 0 Å². The van der Waals surface area contributed by atoms with E-state index in [0.717, 1.165) is 30.4 Å². The SMILES string of the molecule is O=C(NCCS(=O)(=O)CC1CCC1)c1[nH]ccc1-c1ccccc1. The summed E-state index contributed by atoms with van der Waals surface area (Å²) in [5.74, 6) is 0.286. The molecule has 5 nitrogen and oxygen atoms in total. The Morgan fingerprint density at radius 3 is 2.58 bits per heavy atom. The number of carbonyl (C=O) groups is 1. The lowest BCUT2D eigenvalue weighted by Gasteiger charge is -2.24. The van der Waals surface area contributed by atoms with Gasteiger partial charge in [-0.2, -0.15) is 0 Å². The molecule has 1 aliphatic carbocycles. The molecule has 1 fully saturated rings. The van der Waals surface area contributed by atoms with Crippen molar-refractivity contribution in [1.82, 2.24) is 10.3 Å². The van der Waals surface area contributed by atoms with Gasteiger partial charge in [0.15, 0.2) is 9.84 Å². The highest BCUT2D eigenvalue weighted by molar-refractivity contribution is 7.91. The second-order valence-electron chi connectivity index (χ2n) is 6.30. The minimum atomic E-state index is -3.09. The Balaban J connectivity index is 1.57. The van der Waals surface area contributed by atoms with Gasteiger partial charge in [-0.25, -0.2) is 8.42 Å². The van der Waals surface area contributed by atoms with Crippen molar-refractivity contribution in [2.45, 2.75) is 19.3 Å². The average molecular weight is 346 g/mol. The van der Waals surface area contributed by atoms with E-state index >= 15 is 0 Å². The number of benzene rings is 1. The van der Waals surface area contributed by atoms with E-state index in [9.17, 15) is 13.2 Å². The lowest BCUT2D eigenvalue weighted by Crippen LogP contribution is -2.32. The maximum Gasteiger partial charge on any atom is 0.268 e. The van der Waals surface area contributed by atoms with Crippen molar-refractivity contribution in [2.24, 2.45) is 5.92 Å². The molecule has 0 saturated heterocycles. The van der Waals surface area contributed by atoms with Crippen LogP contribution in [0.15, 0.2) is 42.6 Å². The van der Waals surface area contributed by atoms with Gasteiger partial charge in [0.05, 0.1) is 11.5 Å². The van der Waals surface area contributed by atoms with Crippen LogP contribution in [0.1, 0.15) is 29.8 Å². The Kier molecular flexibility index (Phi) is 5.04. The van der Waals surface area contributed by atoms with Gasteiger partial charge in [0, 0.05) is 18.3 Å². The van der Waals surface area contributed by atoms with Crippen LogP contribution in [0, 0.1) is 5.92 Å². The van der Waals surface area contributed by atoms with E-state index in [0.29, 0.717) is 11.6 Å². The van der Waals surface area contributed by atoms with E-state index in [1.54, 1.807) is 6.20 Å². The fraction of sp³-hybridized carbons (Fsp3) is 0.389. The molecule has 0 aliphatic heterocycles. The number of rotatable bonds is 7. The number of aromatic nitrogens is 1. The summed E-state index contributed by atoms with van der Waals surface area (Å²) >= 11 is 0. The second-order valence-corrected chi connectivity index (χ2v) is 8.53. The Labute approximate surface area is 142 Å². The zero-order chi connectivity index (χ0) is 17.0. The third-order valence-corrected chi connectivity index (χ3v) is 6.28. The summed E-state index contributed by atoms with van der Waals surface area (Å²) in [4.78, 5) is 15.3. The molecule has 128 valence electrons. The Hall–Kier alpha value is -2.08. The van der Waals surface area contributed by atoms with Gasteiger partial charge in [-0.05, 0) is 30.4 Å². The molecular formula is C18H22N2O3S. The van der Waals surface area contributed by atoms with E-state index in [-0.39, 0.29) is 24.0 Å². The van der Waals surface area contributed by atoms with E-state index in [2.05, 4.69) is 10.3 Å². The third kappa shape index (κ3) is 4.06. The number of aromatic amines is 1. The number of amides is 1. The highest BCUT2D eigenvalue weighted by Crippen LogP contribution is 2.27. The molecule has 2 N–H and O–H groups in total. The first-order valence-electron chi connectivity index (χ1n) is 8.26. The minimum absolute atomic E-state index is 0.00335. The van der Waals surface area contributed by atoms with Gasteiger partial charge in [0.25, 0.3) is 5.91 Å². The van der Waals surface area contributed by atoms with Crippen molar-refractivity contribution in [3.05, 3.63) is 48.3 Å². The van der Waals surface area contributed by atoms with Crippen molar-refractivity contribution in [2.75, 3.05) is 18.1 Å². The lowest BCUT2D eigenvalue weighted by molar-refractivity contribution is 0.0952. The molecule has 1 aromatic carbocycles. The summed E-state index contributed by atoms with van der Waals surface area (Å²) in [6.45, 7) is 0.140. The van der Waals surface area contributed by atoms with Crippen LogP contribution >= 0.6 is 0 Å². The molecule has 24 heavy (non-hydrogen) atoms.